The van der Waals surface area contributed by atoms with Crippen LogP contribution in [0.5, 0.6) is 0 Å². The normalized spacial score (nSPS) is 11.6. The fourth-order valence-electron chi connectivity index (χ4n) is 1.04. The van der Waals surface area contributed by atoms with Crippen molar-refractivity contribution in [1.29, 1.82) is 0 Å². The van der Waals surface area contributed by atoms with E-state index in [9.17, 15) is 8.42 Å². The molecule has 1 N–H and O–H groups in total. The molecule has 0 spiro atoms. The molecule has 0 aliphatic carbocycles. The van der Waals surface area contributed by atoms with Crippen LogP contribution in [-0.2, 0) is 10.0 Å². The Kier molecular flexibility index (Phi) is 2.95. The van der Waals surface area contributed by atoms with E-state index >= 15 is 0 Å². The average molecular weight is 220 g/mol. The number of hydrogen-bond acceptors (Lipinski definition) is 2. The van der Waals surface area contributed by atoms with Crippen LogP contribution >= 0.6 is 11.8 Å². The highest BCUT2D eigenvalue weighted by Gasteiger charge is 2.14. The fourth-order valence-corrected chi connectivity index (χ4v) is 2.20. The second-order valence-corrected chi connectivity index (χ2v) is 4.91. The van der Waals surface area contributed by atoms with Crippen LogP contribution in [0, 0.1) is 13.8 Å². The molecule has 3 nitrogen and oxygen atoms in total. The second-order valence-electron chi connectivity index (χ2n) is 2.85. The van der Waals surface area contributed by atoms with Crippen LogP contribution in [0.15, 0.2) is 23.1 Å². The minimum absolute atomic E-state index is 0.225. The van der Waals surface area contributed by atoms with Crippen LogP contribution in [0.4, 0.5) is 0 Å². The maximum atomic E-state index is 11.3. The van der Waals surface area contributed by atoms with Crippen molar-refractivity contribution in [3.8, 4) is 0 Å². The second kappa shape index (κ2) is 3.65. The van der Waals surface area contributed by atoms with E-state index < -0.39 is 10.0 Å². The molecule has 0 unspecified atom stereocenters. The Labute approximate surface area is 82.9 Å². The predicted octanol–water partition coefficient (Wildman–Crippen LogP) is 1.74. The molecule has 0 fully saturated rings. The van der Waals surface area contributed by atoms with Crippen LogP contribution < -0.4 is 4.24 Å². The van der Waals surface area contributed by atoms with E-state index in [0.717, 1.165) is 5.56 Å². The molecule has 0 aromatic heterocycles. The summed E-state index contributed by atoms with van der Waals surface area (Å²) in [6.07, 6.45) is 0. The number of nitrogens with one attached hydrogen (secondary N) is 1. The third kappa shape index (κ3) is 2.21. The summed E-state index contributed by atoms with van der Waals surface area (Å²) in [5.41, 5.74) is 1.56. The number of aryl methyl sites for hydroxylation is 2. The van der Waals surface area contributed by atoms with Crippen molar-refractivity contribution in [2.24, 2.45) is 0 Å². The molecule has 0 saturated heterocycles. The summed E-state index contributed by atoms with van der Waals surface area (Å²) in [4.78, 5) is 0.225. The van der Waals surface area contributed by atoms with Gasteiger partial charge in [0.2, 0.25) is 0 Å². The minimum atomic E-state index is -3.54. The molecule has 1 aromatic rings. The Bertz CT molecular complexity index is 414. The van der Waals surface area contributed by atoms with Crippen LogP contribution in [-0.4, -0.2) is 8.42 Å². The highest BCUT2D eigenvalue weighted by Crippen LogP contribution is 2.16. The molecule has 72 valence electrons. The summed E-state index contributed by atoms with van der Waals surface area (Å²) in [5.74, 6) is 0. The molecule has 1 rings (SSSR count). The Morgan fingerprint density at radius 2 is 1.92 bits per heavy atom. The van der Waals surface area contributed by atoms with Gasteiger partial charge in [0.1, 0.15) is 0 Å². The first-order chi connectivity index (χ1) is 5.97. The topological polar surface area (TPSA) is 46.2 Å². The standard InChI is InChI=1S/C8H10ClNO2S/c1-6-3-4-7(2)8(5-6)13(11,12)10-9/h3-5,10H,1-2H3. The first-order valence-electron chi connectivity index (χ1n) is 3.67. The van der Waals surface area contributed by atoms with Crippen molar-refractivity contribution in [3.05, 3.63) is 29.3 Å². The summed E-state index contributed by atoms with van der Waals surface area (Å²) in [6, 6.07) is 5.18. The molecule has 0 atom stereocenters. The van der Waals surface area contributed by atoms with E-state index in [1.165, 1.54) is 0 Å². The molecule has 5 heteroatoms. The Hall–Kier alpha value is -0.580. The van der Waals surface area contributed by atoms with Gasteiger partial charge in [0.05, 0.1) is 4.90 Å². The van der Waals surface area contributed by atoms with E-state index in [2.05, 4.69) is 0 Å². The van der Waals surface area contributed by atoms with Crippen molar-refractivity contribution in [3.63, 3.8) is 0 Å². The zero-order chi connectivity index (χ0) is 10.1. The molecular formula is C8H10ClNO2S. The largest absolute Gasteiger partial charge is 0.254 e. The lowest BCUT2D eigenvalue weighted by atomic mass is 10.2. The molecule has 0 amide bonds. The zero-order valence-electron chi connectivity index (χ0n) is 7.33. The quantitative estimate of drug-likeness (QED) is 0.771. The smallest absolute Gasteiger partial charge is 0.206 e. The van der Waals surface area contributed by atoms with Gasteiger partial charge >= 0.3 is 0 Å². The third-order valence-electron chi connectivity index (χ3n) is 1.73. The number of hydrogen-bond donors (Lipinski definition) is 1. The van der Waals surface area contributed by atoms with Crippen LogP contribution in [0.3, 0.4) is 0 Å². The molecule has 0 radical (unpaired) electrons. The first-order valence-corrected chi connectivity index (χ1v) is 5.53. The van der Waals surface area contributed by atoms with Gasteiger partial charge in [-0.3, -0.25) is 0 Å². The lowest BCUT2D eigenvalue weighted by Gasteiger charge is -2.05. The third-order valence-corrected chi connectivity index (χ3v) is 3.57. The number of rotatable bonds is 2. The predicted molar refractivity (Wildman–Crippen MR) is 52.1 cm³/mol. The van der Waals surface area contributed by atoms with E-state index in [1.807, 2.05) is 13.0 Å². The lowest BCUT2D eigenvalue weighted by molar-refractivity contribution is 0.593. The highest BCUT2D eigenvalue weighted by atomic mass is 35.5. The molecule has 0 heterocycles. The van der Waals surface area contributed by atoms with E-state index in [4.69, 9.17) is 11.8 Å². The molecule has 0 saturated carbocycles. The molecule has 0 aliphatic heterocycles. The Balaban J connectivity index is 3.38. The Morgan fingerprint density at radius 1 is 1.31 bits per heavy atom. The van der Waals surface area contributed by atoms with Crippen molar-refractivity contribution in [2.45, 2.75) is 18.7 Å². The van der Waals surface area contributed by atoms with Gasteiger partial charge in [0, 0.05) is 0 Å². The summed E-state index contributed by atoms with van der Waals surface area (Å²) >= 11 is 5.11. The van der Waals surface area contributed by atoms with E-state index in [-0.39, 0.29) is 4.90 Å². The van der Waals surface area contributed by atoms with E-state index in [0.29, 0.717) is 5.56 Å². The molecule has 0 aliphatic rings. The first kappa shape index (κ1) is 10.5. The average Bonchev–Trinajstić information content (AvgIpc) is 2.09. The lowest BCUT2D eigenvalue weighted by Crippen LogP contribution is -2.14. The zero-order valence-corrected chi connectivity index (χ0v) is 8.91. The van der Waals surface area contributed by atoms with Gasteiger partial charge in [-0.05, 0) is 42.8 Å². The maximum Gasteiger partial charge on any atom is 0.254 e. The summed E-state index contributed by atoms with van der Waals surface area (Å²) in [7, 11) is -3.54. The van der Waals surface area contributed by atoms with Gasteiger partial charge in [0.15, 0.2) is 0 Å². The van der Waals surface area contributed by atoms with Gasteiger partial charge < -0.3 is 0 Å². The van der Waals surface area contributed by atoms with Crippen LogP contribution in [0.25, 0.3) is 0 Å². The summed E-state index contributed by atoms with van der Waals surface area (Å²) in [5, 5.41) is 0. The van der Waals surface area contributed by atoms with E-state index in [1.54, 1.807) is 23.3 Å². The van der Waals surface area contributed by atoms with Crippen molar-refractivity contribution < 1.29 is 8.42 Å². The fraction of sp³-hybridized carbons (Fsp3) is 0.250. The maximum absolute atomic E-state index is 11.3. The van der Waals surface area contributed by atoms with Gasteiger partial charge in [-0.15, -0.1) is 4.24 Å². The molecule has 0 bridgehead atoms. The van der Waals surface area contributed by atoms with Gasteiger partial charge in [-0.2, -0.15) is 0 Å². The SMILES string of the molecule is Cc1ccc(C)c(S(=O)(=O)NCl)c1. The van der Waals surface area contributed by atoms with Crippen LogP contribution in [0.1, 0.15) is 11.1 Å². The number of sulfonamides is 1. The number of halogens is 1. The molecule has 1 aromatic carbocycles. The Morgan fingerprint density at radius 3 is 2.46 bits per heavy atom. The van der Waals surface area contributed by atoms with Crippen molar-refractivity contribution >= 4 is 21.8 Å². The monoisotopic (exact) mass is 219 g/mol. The van der Waals surface area contributed by atoms with Gasteiger partial charge in [-0.25, -0.2) is 8.42 Å². The van der Waals surface area contributed by atoms with Crippen molar-refractivity contribution in [2.75, 3.05) is 0 Å². The minimum Gasteiger partial charge on any atom is -0.206 e. The summed E-state index contributed by atoms with van der Waals surface area (Å²) in [6.45, 7) is 3.55. The molecule has 13 heavy (non-hydrogen) atoms. The van der Waals surface area contributed by atoms with Crippen molar-refractivity contribution in [1.82, 2.24) is 4.24 Å². The molecular weight excluding hydrogens is 210 g/mol. The van der Waals surface area contributed by atoms with Crippen LogP contribution in [0.2, 0.25) is 0 Å². The summed E-state index contributed by atoms with van der Waals surface area (Å²) < 4.78 is 24.4. The highest BCUT2D eigenvalue weighted by molar-refractivity contribution is 7.90. The number of benzene rings is 1. The van der Waals surface area contributed by atoms with Gasteiger partial charge in [-0.1, -0.05) is 12.1 Å². The van der Waals surface area contributed by atoms with Gasteiger partial charge in [0.25, 0.3) is 10.0 Å².